The van der Waals surface area contributed by atoms with Gasteiger partial charge in [0.15, 0.2) is 0 Å². The van der Waals surface area contributed by atoms with E-state index < -0.39 is 0 Å². The third-order valence-corrected chi connectivity index (χ3v) is 5.79. The fraction of sp³-hybridized carbons (Fsp3) is 0.562. The molecular weight excluding hydrogens is 304 g/mol. The Morgan fingerprint density at radius 2 is 2.19 bits per heavy atom. The lowest BCUT2D eigenvalue weighted by atomic mass is 9.94. The molecule has 0 aliphatic heterocycles. The van der Waals surface area contributed by atoms with E-state index in [9.17, 15) is 0 Å². The monoisotopic (exact) mass is 324 g/mol. The average Bonchev–Trinajstić information content (AvgIpc) is 2.91. The van der Waals surface area contributed by atoms with Crippen LogP contribution in [0.4, 0.5) is 0 Å². The van der Waals surface area contributed by atoms with Gasteiger partial charge in [-0.1, -0.05) is 12.8 Å². The first-order chi connectivity index (χ1) is 10.3. The lowest BCUT2D eigenvalue weighted by Gasteiger charge is -2.32. The van der Waals surface area contributed by atoms with Crippen LogP contribution in [0.1, 0.15) is 37.5 Å². The number of hydrogen-bond donors (Lipinski definition) is 0. The summed E-state index contributed by atoms with van der Waals surface area (Å²) in [5.74, 6) is 2.28. The van der Waals surface area contributed by atoms with Crippen LogP contribution >= 0.6 is 23.4 Å². The van der Waals surface area contributed by atoms with Crippen molar-refractivity contribution in [2.75, 3.05) is 13.4 Å². The molecule has 2 atom stereocenters. The zero-order valence-electron chi connectivity index (χ0n) is 12.5. The number of halogens is 1. The number of methoxy groups -OCH3 is 1. The standard InChI is InChI=1S/C16H21ClN2OS/c1-20-11-7-8-13-12(9-11)18-16(10-17)19(13)14-5-3-4-6-15(14)21-2/h7-9,14-15H,3-6,10H2,1-2H3. The second-order valence-electron chi connectivity index (χ2n) is 5.51. The molecule has 21 heavy (non-hydrogen) atoms. The fourth-order valence-corrected chi connectivity index (χ4v) is 4.53. The number of rotatable bonds is 4. The van der Waals surface area contributed by atoms with Crippen LogP contribution in [0.2, 0.25) is 0 Å². The van der Waals surface area contributed by atoms with Gasteiger partial charge in [0.05, 0.1) is 24.0 Å². The molecule has 1 aliphatic rings. The lowest BCUT2D eigenvalue weighted by molar-refractivity contribution is 0.366. The van der Waals surface area contributed by atoms with Crippen molar-refractivity contribution in [3.63, 3.8) is 0 Å². The number of ether oxygens (including phenoxy) is 1. The summed E-state index contributed by atoms with van der Waals surface area (Å²) in [7, 11) is 1.69. The van der Waals surface area contributed by atoms with Gasteiger partial charge in [0.1, 0.15) is 11.6 Å². The largest absolute Gasteiger partial charge is 0.497 e. The topological polar surface area (TPSA) is 27.1 Å². The average molecular weight is 325 g/mol. The maximum atomic E-state index is 6.17. The molecule has 1 saturated carbocycles. The van der Waals surface area contributed by atoms with Gasteiger partial charge in [0.2, 0.25) is 0 Å². The molecule has 0 radical (unpaired) electrons. The molecule has 1 aliphatic carbocycles. The first-order valence-electron chi connectivity index (χ1n) is 7.42. The number of thioether (sulfide) groups is 1. The van der Waals surface area contributed by atoms with Crippen molar-refractivity contribution in [2.45, 2.75) is 42.9 Å². The lowest BCUT2D eigenvalue weighted by Crippen LogP contribution is -2.26. The highest BCUT2D eigenvalue weighted by Gasteiger charge is 2.29. The first kappa shape index (κ1) is 15.0. The molecule has 1 heterocycles. The minimum Gasteiger partial charge on any atom is -0.497 e. The fourth-order valence-electron chi connectivity index (χ4n) is 3.37. The van der Waals surface area contributed by atoms with Crippen LogP contribution in [0, 0.1) is 0 Å². The van der Waals surface area contributed by atoms with Crippen molar-refractivity contribution in [2.24, 2.45) is 0 Å². The Bertz CT molecular complexity index is 628. The predicted molar refractivity (Wildman–Crippen MR) is 90.7 cm³/mol. The predicted octanol–water partition coefficient (Wildman–Crippen LogP) is 4.63. The van der Waals surface area contributed by atoms with E-state index in [1.54, 1.807) is 7.11 Å². The third kappa shape index (κ3) is 2.76. The van der Waals surface area contributed by atoms with Gasteiger partial charge >= 0.3 is 0 Å². The highest BCUT2D eigenvalue weighted by Crippen LogP contribution is 2.39. The summed E-state index contributed by atoms with van der Waals surface area (Å²) in [5, 5.41) is 0.653. The molecule has 1 fully saturated rings. The Kier molecular flexibility index (Phi) is 4.65. The normalized spacial score (nSPS) is 22.6. The van der Waals surface area contributed by atoms with Gasteiger partial charge in [-0.3, -0.25) is 0 Å². The van der Waals surface area contributed by atoms with Crippen LogP contribution in [0.15, 0.2) is 18.2 Å². The van der Waals surface area contributed by atoms with E-state index in [1.807, 2.05) is 23.9 Å². The molecule has 3 nitrogen and oxygen atoms in total. The minimum atomic E-state index is 0.453. The summed E-state index contributed by atoms with van der Waals surface area (Å²) >= 11 is 8.14. The number of benzene rings is 1. The Morgan fingerprint density at radius 1 is 1.38 bits per heavy atom. The Labute approximate surface area is 135 Å². The molecule has 3 rings (SSSR count). The van der Waals surface area contributed by atoms with Crippen LogP contribution in [0.25, 0.3) is 11.0 Å². The van der Waals surface area contributed by atoms with Crippen molar-refractivity contribution in [1.82, 2.24) is 9.55 Å². The Morgan fingerprint density at radius 3 is 2.90 bits per heavy atom. The van der Waals surface area contributed by atoms with Gasteiger partial charge < -0.3 is 9.30 Å². The Balaban J connectivity index is 2.11. The zero-order chi connectivity index (χ0) is 14.8. The summed E-state index contributed by atoms with van der Waals surface area (Å²) in [6.07, 6.45) is 7.33. The molecule has 0 bridgehead atoms. The summed E-state index contributed by atoms with van der Waals surface area (Å²) in [5.41, 5.74) is 2.16. The number of nitrogens with zero attached hydrogens (tertiary/aromatic N) is 2. The highest BCUT2D eigenvalue weighted by atomic mass is 35.5. The SMILES string of the molecule is COc1ccc2c(c1)nc(CCl)n2C1CCCCC1SC. The van der Waals surface area contributed by atoms with E-state index in [0.717, 1.165) is 17.1 Å². The summed E-state index contributed by atoms with van der Waals surface area (Å²) in [6, 6.07) is 6.62. The molecule has 1 aromatic heterocycles. The van der Waals surface area contributed by atoms with Crippen molar-refractivity contribution < 1.29 is 4.74 Å². The smallest absolute Gasteiger partial charge is 0.125 e. The van der Waals surface area contributed by atoms with Crippen molar-refractivity contribution in [1.29, 1.82) is 0 Å². The molecule has 0 saturated heterocycles. The van der Waals surface area contributed by atoms with Crippen LogP contribution in [0.5, 0.6) is 5.75 Å². The molecule has 2 aromatic rings. The molecule has 5 heteroatoms. The van der Waals surface area contributed by atoms with Crippen LogP contribution in [-0.4, -0.2) is 28.2 Å². The zero-order valence-corrected chi connectivity index (χ0v) is 14.1. The summed E-state index contributed by atoms with van der Waals surface area (Å²) < 4.78 is 7.68. The molecule has 1 aromatic carbocycles. The van der Waals surface area contributed by atoms with Gasteiger partial charge in [0, 0.05) is 17.4 Å². The van der Waals surface area contributed by atoms with E-state index in [-0.39, 0.29) is 0 Å². The van der Waals surface area contributed by atoms with E-state index >= 15 is 0 Å². The van der Waals surface area contributed by atoms with E-state index in [2.05, 4.69) is 16.9 Å². The number of imidazole rings is 1. The number of hydrogen-bond acceptors (Lipinski definition) is 3. The number of alkyl halides is 1. The molecular formula is C16H21ClN2OS. The first-order valence-corrected chi connectivity index (χ1v) is 9.24. The third-order valence-electron chi connectivity index (χ3n) is 4.39. The van der Waals surface area contributed by atoms with Gasteiger partial charge in [0.25, 0.3) is 0 Å². The molecule has 114 valence electrons. The maximum absolute atomic E-state index is 6.17. The Hall–Kier alpha value is -0.870. The quantitative estimate of drug-likeness (QED) is 0.767. The minimum absolute atomic E-state index is 0.453. The van der Waals surface area contributed by atoms with E-state index in [0.29, 0.717) is 17.2 Å². The number of fused-ring (bicyclic) bond motifs is 1. The van der Waals surface area contributed by atoms with Gasteiger partial charge in [-0.15, -0.1) is 11.6 Å². The number of aromatic nitrogens is 2. The maximum Gasteiger partial charge on any atom is 0.125 e. The van der Waals surface area contributed by atoms with Crippen molar-refractivity contribution in [3.05, 3.63) is 24.0 Å². The van der Waals surface area contributed by atoms with E-state index in [4.69, 9.17) is 21.3 Å². The van der Waals surface area contributed by atoms with E-state index in [1.165, 1.54) is 31.2 Å². The van der Waals surface area contributed by atoms with Crippen LogP contribution < -0.4 is 4.74 Å². The summed E-state index contributed by atoms with van der Waals surface area (Å²) in [6.45, 7) is 0. The van der Waals surface area contributed by atoms with Crippen LogP contribution in [0.3, 0.4) is 0 Å². The molecule has 0 amide bonds. The molecule has 0 spiro atoms. The second kappa shape index (κ2) is 6.49. The molecule has 2 unspecified atom stereocenters. The van der Waals surface area contributed by atoms with Crippen LogP contribution in [-0.2, 0) is 5.88 Å². The molecule has 0 N–H and O–H groups in total. The van der Waals surface area contributed by atoms with Crippen molar-refractivity contribution >= 4 is 34.4 Å². The van der Waals surface area contributed by atoms with Gasteiger partial charge in [-0.05, 0) is 31.2 Å². The summed E-state index contributed by atoms with van der Waals surface area (Å²) in [4.78, 5) is 4.73. The van der Waals surface area contributed by atoms with Crippen molar-refractivity contribution in [3.8, 4) is 5.75 Å². The second-order valence-corrected chi connectivity index (χ2v) is 6.86. The highest BCUT2D eigenvalue weighted by molar-refractivity contribution is 7.99. The van der Waals surface area contributed by atoms with Gasteiger partial charge in [-0.25, -0.2) is 4.98 Å². The van der Waals surface area contributed by atoms with Gasteiger partial charge in [-0.2, -0.15) is 11.8 Å².